The summed E-state index contributed by atoms with van der Waals surface area (Å²) < 4.78 is 25.6. The molecule has 5 fully saturated rings. The minimum atomic E-state index is -0.285. The maximum atomic E-state index is 6.41. The molecular formula is C18H32B2O4. The first-order valence-electron chi connectivity index (χ1n) is 9.37. The van der Waals surface area contributed by atoms with E-state index in [0.29, 0.717) is 11.2 Å². The first-order chi connectivity index (χ1) is 10.7. The molecule has 3 aliphatic carbocycles. The summed E-state index contributed by atoms with van der Waals surface area (Å²) in [5.74, 6) is 0.348. The average Bonchev–Trinajstić information content (AvgIpc) is 2.63. The topological polar surface area (TPSA) is 36.9 Å². The van der Waals surface area contributed by atoms with Crippen molar-refractivity contribution >= 4 is 14.2 Å². The third-order valence-corrected chi connectivity index (χ3v) is 8.10. The highest BCUT2D eigenvalue weighted by Crippen LogP contribution is 2.88. The van der Waals surface area contributed by atoms with Crippen LogP contribution < -0.4 is 0 Å². The van der Waals surface area contributed by atoms with Gasteiger partial charge in [0.2, 0.25) is 0 Å². The van der Waals surface area contributed by atoms with Crippen molar-refractivity contribution < 1.29 is 18.6 Å². The molecule has 2 saturated heterocycles. The van der Waals surface area contributed by atoms with Crippen LogP contribution in [0.15, 0.2) is 0 Å². The van der Waals surface area contributed by atoms with Crippen LogP contribution in [-0.2, 0) is 18.6 Å². The molecule has 0 aromatic carbocycles. The Hall–Kier alpha value is -0.0301. The number of hydrogen-bond donors (Lipinski definition) is 0. The van der Waals surface area contributed by atoms with Crippen molar-refractivity contribution in [3.63, 3.8) is 0 Å². The van der Waals surface area contributed by atoms with Gasteiger partial charge in [0.15, 0.2) is 0 Å². The normalized spacial score (nSPS) is 46.6. The zero-order valence-electron chi connectivity index (χ0n) is 16.8. The summed E-state index contributed by atoms with van der Waals surface area (Å²) in [4.78, 5) is 0. The molecule has 0 N–H and O–H groups in total. The Morgan fingerprint density at radius 2 is 1.00 bits per heavy atom. The maximum absolute atomic E-state index is 6.41. The molecule has 4 nitrogen and oxygen atoms in total. The van der Waals surface area contributed by atoms with Gasteiger partial charge in [-0.25, -0.2) is 0 Å². The van der Waals surface area contributed by atoms with Gasteiger partial charge in [0.25, 0.3) is 0 Å². The van der Waals surface area contributed by atoms with E-state index in [-0.39, 0.29) is 42.0 Å². The van der Waals surface area contributed by atoms with Crippen molar-refractivity contribution in [2.45, 2.75) is 109 Å². The molecule has 6 heteroatoms. The van der Waals surface area contributed by atoms with E-state index < -0.39 is 0 Å². The van der Waals surface area contributed by atoms with E-state index in [0.717, 1.165) is 12.8 Å². The molecule has 0 radical (unpaired) electrons. The van der Waals surface area contributed by atoms with Crippen molar-refractivity contribution in [2.75, 3.05) is 0 Å². The summed E-state index contributed by atoms with van der Waals surface area (Å²) in [5.41, 5.74) is -0.839. The second kappa shape index (κ2) is 4.27. The Labute approximate surface area is 147 Å². The van der Waals surface area contributed by atoms with Gasteiger partial charge in [0, 0.05) is 11.1 Å². The Morgan fingerprint density at radius 1 is 0.625 bits per heavy atom. The lowest BCUT2D eigenvalue weighted by molar-refractivity contribution is -0.107. The van der Waals surface area contributed by atoms with Gasteiger partial charge in [-0.1, -0.05) is 6.92 Å². The summed E-state index contributed by atoms with van der Waals surface area (Å²) in [5, 5.41) is 0.0426. The van der Waals surface area contributed by atoms with Crippen LogP contribution in [0.1, 0.15) is 75.2 Å². The zero-order valence-corrected chi connectivity index (χ0v) is 16.8. The predicted octanol–water partition coefficient (Wildman–Crippen LogP) is 4.10. The molecule has 2 aliphatic heterocycles. The average molecular weight is 334 g/mol. The van der Waals surface area contributed by atoms with E-state index in [1.807, 2.05) is 0 Å². The third kappa shape index (κ3) is 1.87. The van der Waals surface area contributed by atoms with E-state index in [2.05, 4.69) is 62.3 Å². The second-order valence-corrected chi connectivity index (χ2v) is 10.9. The molecule has 24 heavy (non-hydrogen) atoms. The summed E-state index contributed by atoms with van der Waals surface area (Å²) in [6.07, 6.45) is 2.29. The van der Waals surface area contributed by atoms with E-state index in [4.69, 9.17) is 18.6 Å². The Kier molecular flexibility index (Phi) is 3.09. The Balaban J connectivity index is 1.59. The molecule has 0 spiro atoms. The monoisotopic (exact) mass is 334 g/mol. The largest absolute Gasteiger partial charge is 0.464 e. The summed E-state index contributed by atoms with van der Waals surface area (Å²) in [6.45, 7) is 19.4. The van der Waals surface area contributed by atoms with Crippen LogP contribution in [0.4, 0.5) is 0 Å². The van der Waals surface area contributed by atoms with E-state index >= 15 is 0 Å². The van der Waals surface area contributed by atoms with Crippen molar-refractivity contribution in [2.24, 2.45) is 5.41 Å². The molecule has 2 heterocycles. The summed E-state index contributed by atoms with van der Waals surface area (Å²) in [6, 6.07) is 0. The van der Waals surface area contributed by atoms with Gasteiger partial charge in [-0.15, -0.1) is 0 Å². The molecule has 5 rings (SSSR count). The van der Waals surface area contributed by atoms with Crippen molar-refractivity contribution in [3.05, 3.63) is 0 Å². The van der Waals surface area contributed by atoms with Crippen LogP contribution in [0.5, 0.6) is 0 Å². The van der Waals surface area contributed by atoms with Crippen LogP contribution in [0, 0.1) is 5.41 Å². The lowest BCUT2D eigenvalue weighted by Gasteiger charge is -2.76. The van der Waals surface area contributed by atoms with Crippen molar-refractivity contribution in [1.82, 2.24) is 0 Å². The summed E-state index contributed by atoms with van der Waals surface area (Å²) in [7, 11) is -0.324. The maximum Gasteiger partial charge on any atom is 0.464 e. The highest BCUT2D eigenvalue weighted by atomic mass is 16.7. The molecule has 0 amide bonds. The minimum absolute atomic E-state index is 0.0426. The van der Waals surface area contributed by atoms with Crippen LogP contribution in [-0.4, -0.2) is 36.6 Å². The lowest BCUT2D eigenvalue weighted by atomic mass is 9.14. The quantitative estimate of drug-likeness (QED) is 0.713. The Morgan fingerprint density at radius 3 is 1.38 bits per heavy atom. The predicted molar refractivity (Wildman–Crippen MR) is 95.9 cm³/mol. The lowest BCUT2D eigenvalue weighted by Crippen LogP contribution is -2.71. The smallest absolute Gasteiger partial charge is 0.403 e. The van der Waals surface area contributed by atoms with Gasteiger partial charge in [-0.3, -0.25) is 0 Å². The second-order valence-electron chi connectivity index (χ2n) is 10.9. The first-order valence-corrected chi connectivity index (χ1v) is 9.37. The molecule has 2 bridgehead atoms. The summed E-state index contributed by atoms with van der Waals surface area (Å²) >= 11 is 0. The van der Waals surface area contributed by atoms with Crippen molar-refractivity contribution in [3.8, 4) is 0 Å². The van der Waals surface area contributed by atoms with Gasteiger partial charge in [0.1, 0.15) is 0 Å². The fraction of sp³-hybridized carbons (Fsp3) is 1.00. The van der Waals surface area contributed by atoms with Gasteiger partial charge in [-0.05, 0) is 73.6 Å². The molecule has 5 aliphatic rings. The Bertz CT molecular complexity index is 546. The standard InChI is InChI=1S/C18H32B2O4/c1-13(2)14(3,4)22-19(21-13)12-17(9)10-18(12,11-17)20-23-15(5,6)16(7,8)24-20/h12H,10-11H2,1-9H3. The molecular weight excluding hydrogens is 302 g/mol. The van der Waals surface area contributed by atoms with Gasteiger partial charge in [-0.2, -0.15) is 0 Å². The molecule has 0 aromatic rings. The van der Waals surface area contributed by atoms with E-state index in [1.165, 1.54) is 0 Å². The molecule has 1 atom stereocenters. The van der Waals surface area contributed by atoms with Crippen LogP contribution in [0.25, 0.3) is 0 Å². The first kappa shape index (κ1) is 17.4. The fourth-order valence-corrected chi connectivity index (χ4v) is 5.34. The van der Waals surface area contributed by atoms with Gasteiger partial charge < -0.3 is 18.6 Å². The third-order valence-electron chi connectivity index (χ3n) is 8.10. The molecule has 3 saturated carbocycles. The van der Waals surface area contributed by atoms with Crippen LogP contribution in [0.3, 0.4) is 0 Å². The highest BCUT2D eigenvalue weighted by Gasteiger charge is 2.84. The number of hydrogen-bond acceptors (Lipinski definition) is 4. The minimum Gasteiger partial charge on any atom is -0.403 e. The zero-order chi connectivity index (χ0) is 18.0. The van der Waals surface area contributed by atoms with Gasteiger partial charge >= 0.3 is 14.2 Å². The van der Waals surface area contributed by atoms with Crippen LogP contribution in [0.2, 0.25) is 11.1 Å². The number of rotatable bonds is 2. The molecule has 134 valence electrons. The highest BCUT2D eigenvalue weighted by molar-refractivity contribution is 6.59. The fourth-order valence-electron chi connectivity index (χ4n) is 5.34. The van der Waals surface area contributed by atoms with E-state index in [1.54, 1.807) is 0 Å². The SMILES string of the molecule is CC12CC(B3OC(C)(C)C(C)(C)O3)(C1)C2B1OC(C)(C)C(C)(C)O1. The van der Waals surface area contributed by atoms with Gasteiger partial charge in [0.05, 0.1) is 22.4 Å². The molecule has 1 unspecified atom stereocenters. The van der Waals surface area contributed by atoms with E-state index in [9.17, 15) is 0 Å². The van der Waals surface area contributed by atoms with Crippen LogP contribution >= 0.6 is 0 Å². The molecule has 0 aromatic heterocycles. The van der Waals surface area contributed by atoms with Crippen molar-refractivity contribution in [1.29, 1.82) is 0 Å².